The molecule has 0 aromatic rings. The van der Waals surface area contributed by atoms with Crippen LogP contribution < -0.4 is 0 Å². The first kappa shape index (κ1) is 6.39. The van der Waals surface area contributed by atoms with E-state index in [0.29, 0.717) is 12.7 Å². The van der Waals surface area contributed by atoms with Gasteiger partial charge in [-0.15, -0.1) is 0 Å². The van der Waals surface area contributed by atoms with E-state index < -0.39 is 0 Å². The predicted molar refractivity (Wildman–Crippen MR) is 33.9 cm³/mol. The second-order valence-electron chi connectivity index (χ2n) is 1.93. The zero-order valence-electron chi connectivity index (χ0n) is 4.67. The van der Waals surface area contributed by atoms with Crippen molar-refractivity contribution in [2.45, 2.75) is 18.9 Å². The van der Waals surface area contributed by atoms with Gasteiger partial charge in [-0.05, 0) is 25.8 Å². The third-order valence-corrected chi connectivity index (χ3v) is 1.43. The van der Waals surface area contributed by atoms with E-state index in [0.717, 1.165) is 13.0 Å². The Hall–Kier alpha value is 0.270. The molecule has 8 heavy (non-hydrogen) atoms. The Kier molecular flexibility index (Phi) is 2.66. The minimum absolute atomic E-state index is 0.312. The van der Waals surface area contributed by atoms with E-state index in [1.165, 1.54) is 6.42 Å². The zero-order valence-corrected chi connectivity index (χ0v) is 5.56. The van der Waals surface area contributed by atoms with Crippen LogP contribution in [0.5, 0.6) is 0 Å². The number of hydrogen-bond acceptors (Lipinski definition) is 3. The Morgan fingerprint density at radius 2 is 2.62 bits per heavy atom. The highest BCUT2D eigenvalue weighted by molar-refractivity contribution is 7.75. The van der Waals surface area contributed by atoms with Crippen LogP contribution in [0.25, 0.3) is 0 Å². The molecule has 1 rings (SSSR count). The maximum Gasteiger partial charge on any atom is 0.0872 e. The van der Waals surface area contributed by atoms with E-state index in [1.54, 1.807) is 0 Å². The lowest BCUT2D eigenvalue weighted by molar-refractivity contribution is 0.0760. The minimum Gasteiger partial charge on any atom is -0.376 e. The molecule has 0 aromatic heterocycles. The van der Waals surface area contributed by atoms with Crippen LogP contribution in [-0.2, 0) is 8.92 Å². The molecule has 1 saturated heterocycles. The van der Waals surface area contributed by atoms with Crippen molar-refractivity contribution in [3.05, 3.63) is 0 Å². The Morgan fingerprint density at radius 1 is 1.75 bits per heavy atom. The molecule has 1 heterocycles. The fourth-order valence-electron chi connectivity index (χ4n) is 0.859. The van der Waals surface area contributed by atoms with E-state index in [-0.39, 0.29) is 0 Å². The number of hydrogen-bond donors (Lipinski definition) is 1. The fraction of sp³-hybridized carbons (Fsp3) is 1.00. The van der Waals surface area contributed by atoms with E-state index in [1.807, 2.05) is 0 Å². The molecule has 0 radical (unpaired) electrons. The summed E-state index contributed by atoms with van der Waals surface area (Å²) in [4.78, 5) is 0. The van der Waals surface area contributed by atoms with Gasteiger partial charge in [-0.3, -0.25) is 0 Å². The van der Waals surface area contributed by atoms with E-state index in [2.05, 4.69) is 17.1 Å². The summed E-state index contributed by atoms with van der Waals surface area (Å²) >= 11 is 3.62. The normalized spacial score (nSPS) is 28.9. The summed E-state index contributed by atoms with van der Waals surface area (Å²) in [5.41, 5.74) is 0. The molecule has 0 aliphatic carbocycles. The molecule has 1 aliphatic rings. The van der Waals surface area contributed by atoms with Crippen molar-refractivity contribution in [2.75, 3.05) is 13.2 Å². The fourth-order valence-corrected chi connectivity index (χ4v) is 1.03. The Morgan fingerprint density at radius 3 is 3.12 bits per heavy atom. The molecule has 1 fully saturated rings. The average Bonchev–Trinajstić information content (AvgIpc) is 2.19. The van der Waals surface area contributed by atoms with Gasteiger partial charge in [0, 0.05) is 6.61 Å². The van der Waals surface area contributed by atoms with Gasteiger partial charge in [-0.25, -0.2) is 0 Å². The summed E-state index contributed by atoms with van der Waals surface area (Å²) < 4.78 is 9.81. The summed E-state index contributed by atoms with van der Waals surface area (Å²) in [6.45, 7) is 1.52. The number of ether oxygens (including phenoxy) is 1. The van der Waals surface area contributed by atoms with Crippen molar-refractivity contribution in [1.82, 2.24) is 0 Å². The highest BCUT2D eigenvalue weighted by atomic mass is 32.1. The molecule has 0 unspecified atom stereocenters. The third-order valence-electron chi connectivity index (χ3n) is 1.28. The first-order valence-corrected chi connectivity index (χ1v) is 3.18. The van der Waals surface area contributed by atoms with Gasteiger partial charge in [0.1, 0.15) is 0 Å². The molecule has 1 atom stereocenters. The van der Waals surface area contributed by atoms with E-state index >= 15 is 0 Å². The molecule has 3 heteroatoms. The van der Waals surface area contributed by atoms with Crippen molar-refractivity contribution in [3.8, 4) is 0 Å². The topological polar surface area (TPSA) is 18.5 Å². The molecule has 1 aliphatic heterocycles. The Bertz CT molecular complexity index is 61.4. The zero-order chi connectivity index (χ0) is 5.82. The molecule has 0 amide bonds. The monoisotopic (exact) mass is 134 g/mol. The van der Waals surface area contributed by atoms with Gasteiger partial charge in [-0.2, -0.15) is 0 Å². The number of rotatable bonds is 2. The smallest absolute Gasteiger partial charge is 0.0872 e. The van der Waals surface area contributed by atoms with Gasteiger partial charge in [0.05, 0.1) is 12.7 Å². The van der Waals surface area contributed by atoms with E-state index in [9.17, 15) is 0 Å². The second-order valence-corrected chi connectivity index (χ2v) is 2.19. The molecule has 0 bridgehead atoms. The van der Waals surface area contributed by atoms with Crippen LogP contribution in [0.15, 0.2) is 0 Å². The molecule has 2 nitrogen and oxygen atoms in total. The lowest BCUT2D eigenvalue weighted by atomic mass is 10.2. The predicted octanol–water partition coefficient (Wildman–Crippen LogP) is 1.03. The Balaban J connectivity index is 2.06. The standard InChI is InChI=1S/C5H10O2S/c8-7-4-5-2-1-3-6-5/h5,8H,1-4H2/t5-/m0/s1. The van der Waals surface area contributed by atoms with Gasteiger partial charge >= 0.3 is 0 Å². The van der Waals surface area contributed by atoms with Gasteiger partial charge in [0.25, 0.3) is 0 Å². The maximum atomic E-state index is 5.22. The van der Waals surface area contributed by atoms with Crippen LogP contribution in [0, 0.1) is 0 Å². The molecule has 48 valence electrons. The van der Waals surface area contributed by atoms with Crippen molar-refractivity contribution < 1.29 is 8.92 Å². The summed E-state index contributed by atoms with van der Waals surface area (Å²) in [5.74, 6) is 0. The lowest BCUT2D eigenvalue weighted by Gasteiger charge is -2.04. The van der Waals surface area contributed by atoms with Crippen LogP contribution in [-0.4, -0.2) is 19.3 Å². The van der Waals surface area contributed by atoms with Gasteiger partial charge in [0.2, 0.25) is 0 Å². The summed E-state index contributed by atoms with van der Waals surface area (Å²) in [5, 5.41) is 0. The van der Waals surface area contributed by atoms with Crippen LogP contribution in [0.1, 0.15) is 12.8 Å². The van der Waals surface area contributed by atoms with Crippen molar-refractivity contribution >= 4 is 12.9 Å². The van der Waals surface area contributed by atoms with Gasteiger partial charge in [-0.1, -0.05) is 0 Å². The number of thiol groups is 1. The maximum absolute atomic E-state index is 5.22. The largest absolute Gasteiger partial charge is 0.376 e. The molecule has 0 N–H and O–H groups in total. The SMILES string of the molecule is SOC[C@@H]1CCCO1. The third kappa shape index (κ3) is 1.65. The quantitative estimate of drug-likeness (QED) is 0.449. The average molecular weight is 134 g/mol. The molecule has 0 spiro atoms. The molecular weight excluding hydrogens is 124 g/mol. The van der Waals surface area contributed by atoms with Crippen molar-refractivity contribution in [3.63, 3.8) is 0 Å². The van der Waals surface area contributed by atoms with Crippen LogP contribution in [0.4, 0.5) is 0 Å². The minimum atomic E-state index is 0.312. The lowest BCUT2D eigenvalue weighted by Crippen LogP contribution is -2.10. The van der Waals surface area contributed by atoms with Gasteiger partial charge < -0.3 is 8.92 Å². The van der Waals surface area contributed by atoms with Crippen molar-refractivity contribution in [2.24, 2.45) is 0 Å². The van der Waals surface area contributed by atoms with Gasteiger partial charge in [0.15, 0.2) is 0 Å². The van der Waals surface area contributed by atoms with Crippen LogP contribution in [0.2, 0.25) is 0 Å². The highest BCUT2D eigenvalue weighted by Gasteiger charge is 2.14. The molecule has 0 aromatic carbocycles. The van der Waals surface area contributed by atoms with Crippen molar-refractivity contribution in [1.29, 1.82) is 0 Å². The summed E-state index contributed by atoms with van der Waals surface area (Å²) in [6, 6.07) is 0. The first-order chi connectivity index (χ1) is 3.93. The van der Waals surface area contributed by atoms with Crippen LogP contribution in [0.3, 0.4) is 0 Å². The first-order valence-electron chi connectivity index (χ1n) is 2.81. The molecule has 0 saturated carbocycles. The Labute approximate surface area is 54.8 Å². The highest BCUT2D eigenvalue weighted by Crippen LogP contribution is 2.11. The van der Waals surface area contributed by atoms with E-state index in [4.69, 9.17) is 4.74 Å². The molecular formula is C5H10O2S. The summed E-state index contributed by atoms with van der Waals surface area (Å²) in [7, 11) is 0. The van der Waals surface area contributed by atoms with Crippen LogP contribution >= 0.6 is 12.9 Å². The summed E-state index contributed by atoms with van der Waals surface area (Å²) in [6.07, 6.45) is 2.61. The second kappa shape index (κ2) is 3.33.